The molecule has 1 atom stereocenters. The van der Waals surface area contributed by atoms with Gasteiger partial charge in [0.05, 0.1) is 6.04 Å². The Morgan fingerprint density at radius 2 is 2.29 bits per heavy atom. The Morgan fingerprint density at radius 1 is 1.57 bits per heavy atom. The van der Waals surface area contributed by atoms with Crippen molar-refractivity contribution in [3.05, 3.63) is 10.0 Å². The number of nitrogens with zero attached hydrogens (tertiary/aromatic N) is 3. The highest BCUT2D eigenvalue weighted by Gasteiger charge is 2.11. The summed E-state index contributed by atoms with van der Waals surface area (Å²) in [5.74, 6) is 5.77. The van der Waals surface area contributed by atoms with Crippen LogP contribution in [0.25, 0.3) is 0 Å². The van der Waals surface area contributed by atoms with Crippen molar-refractivity contribution in [1.29, 1.82) is 0 Å². The van der Waals surface area contributed by atoms with Crippen LogP contribution in [0.4, 0.5) is 0 Å². The lowest BCUT2D eigenvalue weighted by molar-refractivity contribution is 0.677. The molecule has 0 saturated heterocycles. The van der Waals surface area contributed by atoms with Crippen LogP contribution < -0.4 is 16.6 Å². The van der Waals surface area contributed by atoms with Crippen LogP contribution in [-0.4, -0.2) is 23.2 Å². The Morgan fingerprint density at radius 3 is 2.71 bits per heavy atom. The summed E-state index contributed by atoms with van der Waals surface area (Å²) in [6.45, 7) is 3.90. The standard InChI is InChI=1S/C7H14N6S/c1-4(10-7(9-3)11-8)6-13-12-5(2)14-6/h4H,8H2,1-3H3,(H2,9,10,11). The second-order valence-corrected chi connectivity index (χ2v) is 3.96. The van der Waals surface area contributed by atoms with Gasteiger partial charge in [-0.05, 0) is 13.8 Å². The van der Waals surface area contributed by atoms with Gasteiger partial charge in [-0.3, -0.25) is 10.4 Å². The minimum atomic E-state index is 0.0518. The Hall–Kier alpha value is -1.21. The van der Waals surface area contributed by atoms with Gasteiger partial charge >= 0.3 is 0 Å². The summed E-state index contributed by atoms with van der Waals surface area (Å²) < 4.78 is 0. The zero-order chi connectivity index (χ0) is 10.6. The van der Waals surface area contributed by atoms with E-state index in [9.17, 15) is 0 Å². The number of guanidine groups is 1. The molecule has 0 fully saturated rings. The predicted octanol–water partition coefficient (Wildman–Crippen LogP) is -0.0538. The van der Waals surface area contributed by atoms with Crippen LogP contribution in [0, 0.1) is 6.92 Å². The van der Waals surface area contributed by atoms with Gasteiger partial charge < -0.3 is 5.32 Å². The third-order valence-electron chi connectivity index (χ3n) is 1.63. The van der Waals surface area contributed by atoms with Gasteiger partial charge in [0.15, 0.2) is 0 Å². The first kappa shape index (κ1) is 10.9. The Balaban J connectivity index is 2.62. The van der Waals surface area contributed by atoms with Crippen LogP contribution in [-0.2, 0) is 0 Å². The van der Waals surface area contributed by atoms with Crippen LogP contribution in [0.1, 0.15) is 23.0 Å². The molecule has 0 aliphatic heterocycles. The van der Waals surface area contributed by atoms with Gasteiger partial charge in [-0.2, -0.15) is 0 Å². The molecule has 1 rings (SSSR count). The number of hydrogen-bond acceptors (Lipinski definition) is 5. The summed E-state index contributed by atoms with van der Waals surface area (Å²) in [7, 11) is 1.65. The van der Waals surface area contributed by atoms with E-state index in [-0.39, 0.29) is 6.04 Å². The first-order chi connectivity index (χ1) is 6.67. The number of nitrogens with two attached hydrogens (primary N) is 1. The summed E-state index contributed by atoms with van der Waals surface area (Å²) in [5, 5.41) is 12.9. The molecule has 4 N–H and O–H groups in total. The fourth-order valence-corrected chi connectivity index (χ4v) is 1.63. The molecule has 0 radical (unpaired) electrons. The van der Waals surface area contributed by atoms with Crippen molar-refractivity contribution in [3.8, 4) is 0 Å². The van der Waals surface area contributed by atoms with Gasteiger partial charge in [0.1, 0.15) is 10.0 Å². The second-order valence-electron chi connectivity index (χ2n) is 2.74. The quantitative estimate of drug-likeness (QED) is 0.278. The number of hydrogen-bond donors (Lipinski definition) is 3. The van der Waals surface area contributed by atoms with Crippen LogP contribution in [0.2, 0.25) is 0 Å². The molecule has 1 heterocycles. The molecule has 1 aromatic rings. The van der Waals surface area contributed by atoms with E-state index in [1.54, 1.807) is 18.4 Å². The Labute approximate surface area is 86.6 Å². The molecule has 1 aromatic heterocycles. The fraction of sp³-hybridized carbons (Fsp3) is 0.571. The van der Waals surface area contributed by atoms with Crippen molar-refractivity contribution < 1.29 is 0 Å². The van der Waals surface area contributed by atoms with Crippen molar-refractivity contribution in [3.63, 3.8) is 0 Å². The van der Waals surface area contributed by atoms with Crippen molar-refractivity contribution >= 4 is 17.3 Å². The van der Waals surface area contributed by atoms with E-state index in [1.807, 2.05) is 13.8 Å². The summed E-state index contributed by atoms with van der Waals surface area (Å²) in [6.07, 6.45) is 0. The molecule has 0 amide bonds. The zero-order valence-electron chi connectivity index (χ0n) is 8.40. The van der Waals surface area contributed by atoms with Crippen molar-refractivity contribution in [2.24, 2.45) is 10.8 Å². The number of aromatic nitrogens is 2. The first-order valence-electron chi connectivity index (χ1n) is 4.17. The lowest BCUT2D eigenvalue weighted by atomic mass is 10.4. The van der Waals surface area contributed by atoms with Gasteiger partial charge in [0.25, 0.3) is 0 Å². The molecule has 0 saturated carbocycles. The number of aryl methyl sites for hydroxylation is 1. The molecular weight excluding hydrogens is 200 g/mol. The highest BCUT2D eigenvalue weighted by Crippen LogP contribution is 2.16. The molecule has 0 aromatic carbocycles. The van der Waals surface area contributed by atoms with E-state index in [0.29, 0.717) is 5.96 Å². The number of nitrogens with one attached hydrogen (secondary N) is 2. The minimum Gasteiger partial charge on any atom is -0.346 e. The average Bonchev–Trinajstić information content (AvgIpc) is 2.61. The van der Waals surface area contributed by atoms with Gasteiger partial charge in [0, 0.05) is 7.05 Å². The molecule has 6 nitrogen and oxygen atoms in total. The van der Waals surface area contributed by atoms with E-state index in [2.05, 4.69) is 25.9 Å². The normalized spacial score (nSPS) is 13.9. The van der Waals surface area contributed by atoms with E-state index in [4.69, 9.17) is 5.84 Å². The molecule has 7 heteroatoms. The van der Waals surface area contributed by atoms with E-state index in [1.165, 1.54) is 0 Å². The maximum atomic E-state index is 5.24. The second kappa shape index (κ2) is 4.87. The first-order valence-corrected chi connectivity index (χ1v) is 4.99. The van der Waals surface area contributed by atoms with E-state index < -0.39 is 0 Å². The molecule has 14 heavy (non-hydrogen) atoms. The maximum Gasteiger partial charge on any atom is 0.206 e. The molecule has 0 bridgehead atoms. The largest absolute Gasteiger partial charge is 0.346 e. The van der Waals surface area contributed by atoms with Crippen molar-refractivity contribution in [1.82, 2.24) is 20.9 Å². The third kappa shape index (κ3) is 2.64. The monoisotopic (exact) mass is 214 g/mol. The van der Waals surface area contributed by atoms with Gasteiger partial charge in [-0.1, -0.05) is 11.3 Å². The third-order valence-corrected chi connectivity index (χ3v) is 2.65. The lowest BCUT2D eigenvalue weighted by Gasteiger charge is -2.12. The number of aliphatic imine (C=N–C) groups is 1. The van der Waals surface area contributed by atoms with Crippen LogP contribution in [0.3, 0.4) is 0 Å². The predicted molar refractivity (Wildman–Crippen MR) is 56.9 cm³/mol. The lowest BCUT2D eigenvalue weighted by Crippen LogP contribution is -2.42. The van der Waals surface area contributed by atoms with Gasteiger partial charge in [-0.25, -0.2) is 5.84 Å². The smallest absolute Gasteiger partial charge is 0.206 e. The van der Waals surface area contributed by atoms with Crippen LogP contribution in [0.5, 0.6) is 0 Å². The molecule has 0 spiro atoms. The topological polar surface area (TPSA) is 88.2 Å². The molecular formula is C7H14N6S. The fourth-order valence-electron chi connectivity index (χ4n) is 0.924. The highest BCUT2D eigenvalue weighted by molar-refractivity contribution is 7.11. The average molecular weight is 214 g/mol. The zero-order valence-corrected chi connectivity index (χ0v) is 9.22. The summed E-state index contributed by atoms with van der Waals surface area (Å²) in [4.78, 5) is 3.90. The van der Waals surface area contributed by atoms with Crippen molar-refractivity contribution in [2.75, 3.05) is 7.05 Å². The molecule has 0 aliphatic rings. The minimum absolute atomic E-state index is 0.0518. The SMILES string of the molecule is CN=C(NN)NC(C)c1nnc(C)s1. The van der Waals surface area contributed by atoms with E-state index >= 15 is 0 Å². The van der Waals surface area contributed by atoms with Gasteiger partial charge in [0.2, 0.25) is 5.96 Å². The summed E-state index contributed by atoms with van der Waals surface area (Å²) in [6, 6.07) is 0.0518. The summed E-state index contributed by atoms with van der Waals surface area (Å²) >= 11 is 1.55. The van der Waals surface area contributed by atoms with Crippen molar-refractivity contribution in [2.45, 2.75) is 19.9 Å². The molecule has 1 unspecified atom stereocenters. The molecule has 0 aliphatic carbocycles. The highest BCUT2D eigenvalue weighted by atomic mass is 32.1. The van der Waals surface area contributed by atoms with Gasteiger partial charge in [-0.15, -0.1) is 10.2 Å². The Kier molecular flexibility index (Phi) is 3.78. The van der Waals surface area contributed by atoms with Crippen LogP contribution in [0.15, 0.2) is 4.99 Å². The Bertz CT molecular complexity index is 320. The van der Waals surface area contributed by atoms with Crippen LogP contribution >= 0.6 is 11.3 Å². The number of hydrazine groups is 1. The van der Waals surface area contributed by atoms with E-state index in [0.717, 1.165) is 10.0 Å². The summed E-state index contributed by atoms with van der Waals surface area (Å²) in [5.41, 5.74) is 2.45. The number of rotatable bonds is 2. The molecule has 78 valence electrons. The maximum absolute atomic E-state index is 5.24.